The SMILES string of the molecule is C[N+]1(CCCn2c(=O)c3ccccc3n2-c2ccccc2)CCCCC1.[I-]. The summed E-state index contributed by atoms with van der Waals surface area (Å²) in [5.41, 5.74) is 2.15. The van der Waals surface area contributed by atoms with Gasteiger partial charge in [0, 0.05) is 13.0 Å². The molecule has 2 aromatic carbocycles. The van der Waals surface area contributed by atoms with Crippen molar-refractivity contribution in [2.75, 3.05) is 26.7 Å². The van der Waals surface area contributed by atoms with E-state index < -0.39 is 0 Å². The molecule has 0 aliphatic carbocycles. The quantitative estimate of drug-likeness (QED) is 0.395. The summed E-state index contributed by atoms with van der Waals surface area (Å²) in [6.45, 7) is 4.45. The molecule has 1 aliphatic heterocycles. The van der Waals surface area contributed by atoms with Crippen LogP contribution in [0.1, 0.15) is 25.7 Å². The minimum atomic E-state index is 0. The van der Waals surface area contributed by atoms with Crippen molar-refractivity contribution in [1.29, 1.82) is 0 Å². The molecule has 0 unspecified atom stereocenters. The largest absolute Gasteiger partial charge is 1.00 e. The summed E-state index contributed by atoms with van der Waals surface area (Å²) in [4.78, 5) is 13.0. The Morgan fingerprint density at radius 3 is 2.33 bits per heavy atom. The van der Waals surface area contributed by atoms with Crippen molar-refractivity contribution in [3.63, 3.8) is 0 Å². The lowest BCUT2D eigenvalue weighted by Gasteiger charge is -2.37. The first-order chi connectivity index (χ1) is 12.7. The highest BCUT2D eigenvalue weighted by atomic mass is 127. The van der Waals surface area contributed by atoms with Crippen LogP contribution < -0.4 is 29.5 Å². The Labute approximate surface area is 178 Å². The lowest BCUT2D eigenvalue weighted by atomic mass is 10.1. The van der Waals surface area contributed by atoms with E-state index in [0.29, 0.717) is 0 Å². The number of hydrogen-bond donors (Lipinski definition) is 0. The maximum atomic E-state index is 13.0. The molecule has 27 heavy (non-hydrogen) atoms. The Morgan fingerprint density at radius 2 is 1.59 bits per heavy atom. The molecule has 0 spiro atoms. The molecule has 1 saturated heterocycles. The van der Waals surface area contributed by atoms with E-state index in [-0.39, 0.29) is 29.5 Å². The fourth-order valence-corrected chi connectivity index (χ4v) is 4.35. The minimum absolute atomic E-state index is 0. The number of para-hydroxylation sites is 2. The molecule has 3 aromatic rings. The molecule has 144 valence electrons. The van der Waals surface area contributed by atoms with Gasteiger partial charge in [0.25, 0.3) is 5.56 Å². The van der Waals surface area contributed by atoms with Gasteiger partial charge in [-0.1, -0.05) is 30.3 Å². The van der Waals surface area contributed by atoms with Gasteiger partial charge in [-0.25, -0.2) is 4.68 Å². The number of likely N-dealkylation sites (tertiary alicyclic amines) is 1. The van der Waals surface area contributed by atoms with Crippen LogP contribution in [0, 0.1) is 0 Å². The molecule has 0 amide bonds. The predicted octanol–water partition coefficient (Wildman–Crippen LogP) is 0.817. The molecule has 1 aliphatic rings. The van der Waals surface area contributed by atoms with E-state index in [9.17, 15) is 4.79 Å². The monoisotopic (exact) mass is 477 g/mol. The molecule has 0 saturated carbocycles. The average Bonchev–Trinajstić information content (AvgIpc) is 2.95. The second-order valence-electron chi connectivity index (χ2n) is 7.80. The number of hydrogen-bond acceptors (Lipinski definition) is 1. The van der Waals surface area contributed by atoms with Crippen molar-refractivity contribution in [3.8, 4) is 5.69 Å². The van der Waals surface area contributed by atoms with Gasteiger partial charge in [-0.05, 0) is 43.5 Å². The van der Waals surface area contributed by atoms with Crippen molar-refractivity contribution in [3.05, 3.63) is 65.0 Å². The van der Waals surface area contributed by atoms with Gasteiger partial charge in [-0.15, -0.1) is 0 Å². The van der Waals surface area contributed by atoms with Gasteiger partial charge in [0.15, 0.2) is 0 Å². The van der Waals surface area contributed by atoms with Crippen molar-refractivity contribution in [2.24, 2.45) is 0 Å². The van der Waals surface area contributed by atoms with E-state index in [1.165, 1.54) is 32.4 Å². The summed E-state index contributed by atoms with van der Waals surface area (Å²) in [6, 6.07) is 18.1. The number of benzene rings is 2. The van der Waals surface area contributed by atoms with Crippen LogP contribution >= 0.6 is 0 Å². The Balaban J connectivity index is 0.00000210. The first kappa shape index (κ1) is 20.1. The van der Waals surface area contributed by atoms with Gasteiger partial charge >= 0.3 is 0 Å². The van der Waals surface area contributed by atoms with E-state index in [1.807, 2.05) is 47.1 Å². The number of quaternary nitrogens is 1. The van der Waals surface area contributed by atoms with Crippen LogP contribution in [0.3, 0.4) is 0 Å². The Kier molecular flexibility index (Phi) is 6.42. The van der Waals surface area contributed by atoms with E-state index in [4.69, 9.17) is 0 Å². The zero-order valence-corrected chi connectivity index (χ0v) is 18.1. The molecule has 0 bridgehead atoms. The third-order valence-corrected chi connectivity index (χ3v) is 5.80. The van der Waals surface area contributed by atoms with Crippen LogP contribution in [0.15, 0.2) is 59.4 Å². The molecular weight excluding hydrogens is 449 g/mol. The van der Waals surface area contributed by atoms with Crippen LogP contribution in [0.5, 0.6) is 0 Å². The maximum absolute atomic E-state index is 13.0. The standard InChI is InChI=1S/C22H28N3O.HI/c1-25(16-8-3-9-17-25)18-10-15-23-22(26)20-13-6-7-14-21(20)24(23)19-11-4-2-5-12-19;/h2,4-7,11-14H,3,8-10,15-18H2,1H3;1H/q+1;/p-1. The first-order valence-electron chi connectivity index (χ1n) is 9.78. The topological polar surface area (TPSA) is 26.9 Å². The number of piperidine rings is 1. The fraction of sp³-hybridized carbons (Fsp3) is 0.409. The smallest absolute Gasteiger partial charge is 0.274 e. The average molecular weight is 477 g/mol. The van der Waals surface area contributed by atoms with Crippen LogP contribution in [0.4, 0.5) is 0 Å². The van der Waals surface area contributed by atoms with Crippen LogP contribution in [0.2, 0.25) is 0 Å². The number of nitrogens with zero attached hydrogens (tertiary/aromatic N) is 3. The molecular formula is C22H28IN3O. The zero-order chi connectivity index (χ0) is 18.0. The van der Waals surface area contributed by atoms with Gasteiger partial charge in [-0.2, -0.15) is 0 Å². The molecule has 4 nitrogen and oxygen atoms in total. The maximum Gasteiger partial charge on any atom is 0.274 e. The number of rotatable bonds is 5. The second-order valence-corrected chi connectivity index (χ2v) is 7.80. The van der Waals surface area contributed by atoms with Gasteiger partial charge in [0.05, 0.1) is 43.3 Å². The molecule has 4 rings (SSSR count). The van der Waals surface area contributed by atoms with E-state index in [0.717, 1.165) is 40.6 Å². The number of fused-ring (bicyclic) bond motifs is 1. The van der Waals surface area contributed by atoms with E-state index >= 15 is 0 Å². The third-order valence-electron chi connectivity index (χ3n) is 5.80. The first-order valence-corrected chi connectivity index (χ1v) is 9.78. The highest BCUT2D eigenvalue weighted by molar-refractivity contribution is 5.80. The molecule has 1 aromatic heterocycles. The van der Waals surface area contributed by atoms with Crippen LogP contribution in [0.25, 0.3) is 16.6 Å². The van der Waals surface area contributed by atoms with Crippen molar-refractivity contribution in [2.45, 2.75) is 32.2 Å². The highest BCUT2D eigenvalue weighted by Gasteiger charge is 2.24. The molecule has 0 radical (unpaired) electrons. The van der Waals surface area contributed by atoms with Crippen LogP contribution in [-0.4, -0.2) is 40.5 Å². The molecule has 0 N–H and O–H groups in total. The molecule has 2 heterocycles. The Hall–Kier alpha value is -1.60. The van der Waals surface area contributed by atoms with Gasteiger partial charge < -0.3 is 28.5 Å². The minimum Gasteiger partial charge on any atom is -1.00 e. The molecule has 1 fully saturated rings. The molecule has 0 atom stereocenters. The number of aromatic nitrogens is 2. The van der Waals surface area contributed by atoms with Gasteiger partial charge in [0.2, 0.25) is 0 Å². The summed E-state index contributed by atoms with van der Waals surface area (Å²) in [7, 11) is 2.37. The van der Waals surface area contributed by atoms with Crippen molar-refractivity contribution >= 4 is 10.9 Å². The van der Waals surface area contributed by atoms with Crippen LogP contribution in [-0.2, 0) is 6.54 Å². The lowest BCUT2D eigenvalue weighted by molar-refractivity contribution is -0.914. The summed E-state index contributed by atoms with van der Waals surface area (Å²) in [5.74, 6) is 0. The summed E-state index contributed by atoms with van der Waals surface area (Å²) in [5, 5.41) is 0.801. The van der Waals surface area contributed by atoms with Gasteiger partial charge in [0.1, 0.15) is 0 Å². The Morgan fingerprint density at radius 1 is 0.926 bits per heavy atom. The zero-order valence-electron chi connectivity index (χ0n) is 16.0. The third kappa shape index (κ3) is 4.14. The predicted molar refractivity (Wildman–Crippen MR) is 107 cm³/mol. The second kappa shape index (κ2) is 8.61. The van der Waals surface area contributed by atoms with E-state index in [1.54, 1.807) is 0 Å². The van der Waals surface area contributed by atoms with Gasteiger partial charge in [-0.3, -0.25) is 9.48 Å². The lowest BCUT2D eigenvalue weighted by Crippen LogP contribution is -3.00. The van der Waals surface area contributed by atoms with Crippen molar-refractivity contribution < 1.29 is 28.5 Å². The summed E-state index contributed by atoms with van der Waals surface area (Å²) < 4.78 is 5.17. The Bertz CT molecular complexity index is 939. The van der Waals surface area contributed by atoms with Crippen molar-refractivity contribution in [1.82, 2.24) is 9.36 Å². The van der Waals surface area contributed by atoms with E-state index in [2.05, 4.69) is 23.9 Å². The highest BCUT2D eigenvalue weighted by Crippen LogP contribution is 2.19. The number of halogens is 1. The molecule has 5 heteroatoms. The summed E-state index contributed by atoms with van der Waals surface area (Å²) >= 11 is 0. The fourth-order valence-electron chi connectivity index (χ4n) is 4.35. The summed E-state index contributed by atoms with van der Waals surface area (Å²) in [6.07, 6.45) is 5.07. The normalized spacial score (nSPS) is 16.2.